The third kappa shape index (κ3) is 3.39. The van der Waals surface area contributed by atoms with E-state index in [1.807, 2.05) is 0 Å². The summed E-state index contributed by atoms with van der Waals surface area (Å²) in [6.45, 7) is 0.326. The lowest BCUT2D eigenvalue weighted by molar-refractivity contribution is -0.385. The van der Waals surface area contributed by atoms with Gasteiger partial charge in [-0.3, -0.25) is 10.1 Å². The Morgan fingerprint density at radius 1 is 1.38 bits per heavy atom. The number of nitro groups is 1. The molecule has 16 heavy (non-hydrogen) atoms. The molecule has 0 saturated heterocycles. The Bertz CT molecular complexity index is 366. The van der Waals surface area contributed by atoms with Crippen LogP contribution in [0, 0.1) is 10.1 Å². The third-order valence-corrected chi connectivity index (χ3v) is 1.88. The SMILES string of the molecule is COc1cc(OCCCO)cc([N+](=O)[O-])c1. The second kappa shape index (κ2) is 5.92. The topological polar surface area (TPSA) is 81.8 Å². The summed E-state index contributed by atoms with van der Waals surface area (Å²) in [4.78, 5) is 10.1. The summed E-state index contributed by atoms with van der Waals surface area (Å²) in [6.07, 6.45) is 0.477. The van der Waals surface area contributed by atoms with E-state index in [1.165, 1.54) is 19.2 Å². The summed E-state index contributed by atoms with van der Waals surface area (Å²) in [5.41, 5.74) is -0.0849. The Hall–Kier alpha value is -1.82. The first-order valence-corrected chi connectivity index (χ1v) is 4.74. The number of hydrogen-bond donors (Lipinski definition) is 1. The molecule has 1 rings (SSSR count). The maximum Gasteiger partial charge on any atom is 0.276 e. The number of aliphatic hydroxyl groups is 1. The van der Waals surface area contributed by atoms with Gasteiger partial charge in [0.15, 0.2) is 0 Å². The number of nitrogens with zero attached hydrogens (tertiary/aromatic N) is 1. The fraction of sp³-hybridized carbons (Fsp3) is 0.400. The van der Waals surface area contributed by atoms with Crippen LogP contribution in [0.25, 0.3) is 0 Å². The predicted octanol–water partition coefficient (Wildman–Crippen LogP) is 1.36. The van der Waals surface area contributed by atoms with Gasteiger partial charge in [-0.15, -0.1) is 0 Å². The van der Waals surface area contributed by atoms with Gasteiger partial charge >= 0.3 is 0 Å². The van der Waals surface area contributed by atoms with Gasteiger partial charge in [0.25, 0.3) is 5.69 Å². The van der Waals surface area contributed by atoms with E-state index in [-0.39, 0.29) is 12.3 Å². The van der Waals surface area contributed by atoms with Gasteiger partial charge in [0.05, 0.1) is 30.8 Å². The number of hydrogen-bond acceptors (Lipinski definition) is 5. The number of rotatable bonds is 6. The molecule has 0 amide bonds. The molecule has 1 aromatic rings. The van der Waals surface area contributed by atoms with Crippen molar-refractivity contribution in [2.75, 3.05) is 20.3 Å². The molecule has 0 saturated carbocycles. The van der Waals surface area contributed by atoms with Crippen molar-refractivity contribution in [2.45, 2.75) is 6.42 Å². The molecule has 0 fully saturated rings. The van der Waals surface area contributed by atoms with Crippen LogP contribution in [0.1, 0.15) is 6.42 Å². The maximum absolute atomic E-state index is 10.6. The Labute approximate surface area is 92.6 Å². The van der Waals surface area contributed by atoms with Crippen LogP contribution in [0.15, 0.2) is 18.2 Å². The van der Waals surface area contributed by atoms with Gasteiger partial charge in [-0.1, -0.05) is 0 Å². The van der Waals surface area contributed by atoms with Gasteiger partial charge in [-0.05, 0) is 0 Å². The van der Waals surface area contributed by atoms with Crippen LogP contribution >= 0.6 is 0 Å². The molecule has 0 aliphatic heterocycles. The lowest BCUT2D eigenvalue weighted by Gasteiger charge is -2.06. The number of aliphatic hydroxyl groups excluding tert-OH is 1. The molecular weight excluding hydrogens is 214 g/mol. The second-order valence-electron chi connectivity index (χ2n) is 3.05. The molecule has 0 heterocycles. The Morgan fingerprint density at radius 2 is 2.06 bits per heavy atom. The fourth-order valence-corrected chi connectivity index (χ4v) is 1.12. The van der Waals surface area contributed by atoms with Gasteiger partial charge in [0.2, 0.25) is 0 Å². The first-order valence-electron chi connectivity index (χ1n) is 4.74. The first-order chi connectivity index (χ1) is 7.67. The van der Waals surface area contributed by atoms with Gasteiger partial charge in [0.1, 0.15) is 11.5 Å². The van der Waals surface area contributed by atoms with Gasteiger partial charge in [0, 0.05) is 19.1 Å². The van der Waals surface area contributed by atoms with Crippen molar-refractivity contribution < 1.29 is 19.5 Å². The molecule has 1 N–H and O–H groups in total. The largest absolute Gasteiger partial charge is 0.496 e. The number of nitro benzene ring substituents is 1. The van der Waals surface area contributed by atoms with E-state index in [0.717, 1.165) is 0 Å². The lowest BCUT2D eigenvalue weighted by Crippen LogP contribution is -2.00. The van der Waals surface area contributed by atoms with Crippen molar-refractivity contribution in [1.29, 1.82) is 0 Å². The van der Waals surface area contributed by atoms with E-state index >= 15 is 0 Å². The van der Waals surface area contributed by atoms with Crippen LogP contribution in [0.2, 0.25) is 0 Å². The summed E-state index contributed by atoms with van der Waals surface area (Å²) < 4.78 is 10.2. The van der Waals surface area contributed by atoms with Crippen molar-refractivity contribution in [1.82, 2.24) is 0 Å². The van der Waals surface area contributed by atoms with E-state index in [1.54, 1.807) is 6.07 Å². The molecule has 0 aliphatic rings. The summed E-state index contributed by atoms with van der Waals surface area (Å²) in [7, 11) is 1.43. The van der Waals surface area contributed by atoms with Crippen LogP contribution in [0.5, 0.6) is 11.5 Å². The van der Waals surface area contributed by atoms with Crippen LogP contribution in [-0.4, -0.2) is 30.4 Å². The lowest BCUT2D eigenvalue weighted by atomic mass is 10.3. The number of benzene rings is 1. The fourth-order valence-electron chi connectivity index (χ4n) is 1.12. The monoisotopic (exact) mass is 227 g/mol. The number of methoxy groups -OCH3 is 1. The molecule has 0 spiro atoms. The second-order valence-corrected chi connectivity index (χ2v) is 3.05. The van der Waals surface area contributed by atoms with E-state index < -0.39 is 4.92 Å². The van der Waals surface area contributed by atoms with Gasteiger partial charge < -0.3 is 14.6 Å². The van der Waals surface area contributed by atoms with E-state index in [0.29, 0.717) is 24.5 Å². The third-order valence-electron chi connectivity index (χ3n) is 1.88. The summed E-state index contributed by atoms with van der Waals surface area (Å²) in [5, 5.41) is 19.2. The van der Waals surface area contributed by atoms with Crippen LogP contribution in [-0.2, 0) is 0 Å². The summed E-state index contributed by atoms with van der Waals surface area (Å²) in [6, 6.07) is 4.20. The summed E-state index contributed by atoms with van der Waals surface area (Å²) >= 11 is 0. The van der Waals surface area contributed by atoms with Crippen LogP contribution < -0.4 is 9.47 Å². The minimum Gasteiger partial charge on any atom is -0.496 e. The van der Waals surface area contributed by atoms with Crippen molar-refractivity contribution in [3.05, 3.63) is 28.3 Å². The molecule has 1 aromatic carbocycles. The zero-order chi connectivity index (χ0) is 12.0. The summed E-state index contributed by atoms with van der Waals surface area (Å²) in [5.74, 6) is 0.729. The quantitative estimate of drug-likeness (QED) is 0.451. The van der Waals surface area contributed by atoms with E-state index in [9.17, 15) is 10.1 Å². The molecule has 0 bridgehead atoms. The Balaban J connectivity index is 2.82. The minimum atomic E-state index is -0.512. The normalized spacial score (nSPS) is 9.88. The average Bonchev–Trinajstić information content (AvgIpc) is 2.29. The average molecular weight is 227 g/mol. The van der Waals surface area contributed by atoms with Gasteiger partial charge in [-0.2, -0.15) is 0 Å². The molecule has 0 unspecified atom stereocenters. The van der Waals surface area contributed by atoms with Crippen molar-refractivity contribution in [3.8, 4) is 11.5 Å². The van der Waals surface area contributed by atoms with Crippen molar-refractivity contribution >= 4 is 5.69 Å². The van der Waals surface area contributed by atoms with Crippen molar-refractivity contribution in [2.24, 2.45) is 0 Å². The van der Waals surface area contributed by atoms with Crippen LogP contribution in [0.4, 0.5) is 5.69 Å². The molecular formula is C10H13NO5. The first kappa shape index (κ1) is 12.3. The highest BCUT2D eigenvalue weighted by atomic mass is 16.6. The molecule has 6 nitrogen and oxygen atoms in total. The predicted molar refractivity (Wildman–Crippen MR) is 56.8 cm³/mol. The molecule has 0 aliphatic carbocycles. The molecule has 0 aromatic heterocycles. The number of ether oxygens (including phenoxy) is 2. The molecule has 0 atom stereocenters. The Kier molecular flexibility index (Phi) is 4.53. The minimum absolute atomic E-state index is 0.0199. The molecule has 88 valence electrons. The smallest absolute Gasteiger partial charge is 0.276 e. The standard InChI is InChI=1S/C10H13NO5/c1-15-9-5-8(11(13)14)6-10(7-9)16-4-2-3-12/h5-7,12H,2-4H2,1H3. The highest BCUT2D eigenvalue weighted by Gasteiger charge is 2.10. The highest BCUT2D eigenvalue weighted by Crippen LogP contribution is 2.27. The highest BCUT2D eigenvalue weighted by molar-refractivity contribution is 5.45. The molecule has 6 heteroatoms. The zero-order valence-corrected chi connectivity index (χ0v) is 8.88. The Morgan fingerprint density at radius 3 is 2.62 bits per heavy atom. The molecule has 0 radical (unpaired) electrons. The zero-order valence-electron chi connectivity index (χ0n) is 8.88. The van der Waals surface area contributed by atoms with Gasteiger partial charge in [-0.25, -0.2) is 0 Å². The number of non-ortho nitro benzene ring substituents is 1. The van der Waals surface area contributed by atoms with Crippen molar-refractivity contribution in [3.63, 3.8) is 0 Å². The maximum atomic E-state index is 10.6. The van der Waals surface area contributed by atoms with E-state index in [2.05, 4.69) is 0 Å². The van der Waals surface area contributed by atoms with E-state index in [4.69, 9.17) is 14.6 Å². The van der Waals surface area contributed by atoms with Crippen LogP contribution in [0.3, 0.4) is 0 Å².